The van der Waals surface area contributed by atoms with Crippen LogP contribution in [0.4, 0.5) is 5.69 Å². The van der Waals surface area contributed by atoms with E-state index >= 15 is 0 Å². The number of aliphatic imine (C=N–C) groups is 1. The Hall–Kier alpha value is -2.69. The Labute approximate surface area is 177 Å². The molecule has 0 atom stereocenters. The normalized spacial score (nSPS) is 11.2. The van der Waals surface area contributed by atoms with Crippen molar-refractivity contribution in [3.05, 3.63) is 99.0 Å². The molecule has 3 aromatic carbocycles. The largest absolute Gasteiger partial charge is 0.423 e. The molecule has 0 aliphatic rings. The Morgan fingerprint density at radius 3 is 2.39 bits per heavy atom. The molecule has 140 valence electrons. The van der Waals surface area contributed by atoms with Crippen LogP contribution in [0.3, 0.4) is 0 Å². The lowest BCUT2D eigenvalue weighted by Crippen LogP contribution is -2.03. The summed E-state index contributed by atoms with van der Waals surface area (Å²) in [4.78, 5) is 16.4. The summed E-state index contributed by atoms with van der Waals surface area (Å²) in [6.07, 6.45) is 4.86. The number of nitrogens with zero attached hydrogens (tertiary/aromatic N) is 1. The molecule has 0 amide bonds. The number of hydrogen-bond acceptors (Lipinski definition) is 3. The molecule has 0 aliphatic heterocycles. The first kappa shape index (κ1) is 20.1. The van der Waals surface area contributed by atoms with Crippen molar-refractivity contribution in [2.75, 3.05) is 0 Å². The van der Waals surface area contributed by atoms with E-state index in [0.29, 0.717) is 10.8 Å². The fraction of sp³-hybridized carbons (Fsp3) is 0.0435. The van der Waals surface area contributed by atoms with E-state index in [0.717, 1.165) is 26.9 Å². The lowest BCUT2D eigenvalue weighted by Gasteiger charge is -2.03. The summed E-state index contributed by atoms with van der Waals surface area (Å²) >= 11 is 9.48. The van der Waals surface area contributed by atoms with Gasteiger partial charge < -0.3 is 4.74 Å². The average Bonchev–Trinajstić information content (AvgIpc) is 2.70. The molecule has 0 radical (unpaired) electrons. The Morgan fingerprint density at radius 1 is 1.00 bits per heavy atom. The minimum absolute atomic E-state index is 0.432. The van der Waals surface area contributed by atoms with Crippen molar-refractivity contribution < 1.29 is 9.53 Å². The predicted octanol–water partition coefficient (Wildman–Crippen LogP) is 6.78. The maximum Gasteiger partial charge on any atom is 0.336 e. The Bertz CT molecular complexity index is 1030. The summed E-state index contributed by atoms with van der Waals surface area (Å²) in [6, 6.07) is 20.4. The van der Waals surface area contributed by atoms with Crippen molar-refractivity contribution in [2.24, 2.45) is 4.99 Å². The highest BCUT2D eigenvalue weighted by molar-refractivity contribution is 9.10. The second-order valence-electron chi connectivity index (χ2n) is 6.02. The molecule has 5 heteroatoms. The number of benzene rings is 3. The van der Waals surface area contributed by atoms with Crippen LogP contribution < -0.4 is 4.74 Å². The maximum absolute atomic E-state index is 12.0. The topological polar surface area (TPSA) is 38.7 Å². The Morgan fingerprint density at radius 2 is 1.68 bits per heavy atom. The van der Waals surface area contributed by atoms with E-state index in [2.05, 4.69) is 20.9 Å². The summed E-state index contributed by atoms with van der Waals surface area (Å²) in [5, 5.41) is 0.688. The van der Waals surface area contributed by atoms with Crippen LogP contribution in [0.25, 0.3) is 6.08 Å². The highest BCUT2D eigenvalue weighted by atomic mass is 79.9. The van der Waals surface area contributed by atoms with Crippen LogP contribution in [0.15, 0.2) is 82.3 Å². The van der Waals surface area contributed by atoms with Crippen molar-refractivity contribution in [1.29, 1.82) is 0 Å². The third-order valence-corrected chi connectivity index (χ3v) is 4.91. The van der Waals surface area contributed by atoms with Crippen molar-refractivity contribution >= 4 is 51.5 Å². The number of esters is 1. The lowest BCUT2D eigenvalue weighted by atomic mass is 10.2. The number of carbonyl (C=O) groups excluding carboxylic acids is 1. The second-order valence-corrected chi connectivity index (χ2v) is 7.34. The summed E-state index contributed by atoms with van der Waals surface area (Å²) in [7, 11) is 0. The standard InChI is InChI=1S/C23H17BrClNO2/c1-16-21(25)3-2-4-22(16)26-15-18-7-12-20(13-8-18)28-23(27)14-9-17-5-10-19(24)11-6-17/h2-15H,1H3/b14-9+,26-15?. The molecule has 0 heterocycles. The quantitative estimate of drug-likeness (QED) is 0.184. The van der Waals surface area contributed by atoms with E-state index in [9.17, 15) is 4.79 Å². The van der Waals surface area contributed by atoms with Crippen LogP contribution in [-0.4, -0.2) is 12.2 Å². The third kappa shape index (κ3) is 5.65. The molecular weight excluding hydrogens is 438 g/mol. The monoisotopic (exact) mass is 453 g/mol. The summed E-state index contributed by atoms with van der Waals surface area (Å²) in [5.74, 6) is 0.0421. The molecule has 0 unspecified atom stereocenters. The number of halogens is 2. The van der Waals surface area contributed by atoms with Crippen molar-refractivity contribution in [3.63, 3.8) is 0 Å². The molecule has 0 aromatic heterocycles. The fourth-order valence-corrected chi connectivity index (χ4v) is 2.82. The van der Waals surface area contributed by atoms with E-state index < -0.39 is 5.97 Å². The number of carbonyl (C=O) groups is 1. The number of ether oxygens (including phenoxy) is 1. The van der Waals surface area contributed by atoms with Crippen molar-refractivity contribution in [3.8, 4) is 5.75 Å². The van der Waals surface area contributed by atoms with Gasteiger partial charge in [-0.2, -0.15) is 0 Å². The van der Waals surface area contributed by atoms with Gasteiger partial charge in [0.05, 0.1) is 5.69 Å². The highest BCUT2D eigenvalue weighted by Crippen LogP contribution is 2.25. The molecule has 0 aliphatic carbocycles. The minimum atomic E-state index is -0.432. The van der Waals surface area contributed by atoms with Crippen LogP contribution in [-0.2, 0) is 4.79 Å². The summed E-state index contributed by atoms with van der Waals surface area (Å²) < 4.78 is 6.30. The summed E-state index contributed by atoms with van der Waals surface area (Å²) in [5.41, 5.74) is 3.57. The second kappa shape index (κ2) is 9.49. The van der Waals surface area contributed by atoms with Gasteiger partial charge in [-0.3, -0.25) is 4.99 Å². The lowest BCUT2D eigenvalue weighted by molar-refractivity contribution is -0.128. The van der Waals surface area contributed by atoms with Crippen molar-refractivity contribution in [1.82, 2.24) is 0 Å². The predicted molar refractivity (Wildman–Crippen MR) is 119 cm³/mol. The first-order chi connectivity index (χ1) is 13.5. The van der Waals surface area contributed by atoms with E-state index in [-0.39, 0.29) is 0 Å². The van der Waals surface area contributed by atoms with Gasteiger partial charge in [0, 0.05) is 21.8 Å². The molecule has 0 saturated carbocycles. The van der Waals surface area contributed by atoms with Crippen LogP contribution in [0, 0.1) is 6.92 Å². The van der Waals surface area contributed by atoms with Gasteiger partial charge in [0.15, 0.2) is 0 Å². The average molecular weight is 455 g/mol. The van der Waals surface area contributed by atoms with Crippen LogP contribution in [0.1, 0.15) is 16.7 Å². The van der Waals surface area contributed by atoms with Gasteiger partial charge in [-0.05, 0) is 78.2 Å². The highest BCUT2D eigenvalue weighted by Gasteiger charge is 2.02. The molecule has 3 aromatic rings. The van der Waals surface area contributed by atoms with Gasteiger partial charge in [0.2, 0.25) is 0 Å². The van der Waals surface area contributed by atoms with Crippen LogP contribution in [0.5, 0.6) is 5.75 Å². The molecule has 0 spiro atoms. The first-order valence-corrected chi connectivity index (χ1v) is 9.73. The smallest absolute Gasteiger partial charge is 0.336 e. The van der Waals surface area contributed by atoms with Gasteiger partial charge in [-0.15, -0.1) is 0 Å². The maximum atomic E-state index is 12.0. The van der Waals surface area contributed by atoms with Gasteiger partial charge in [-0.1, -0.05) is 45.7 Å². The fourth-order valence-electron chi connectivity index (χ4n) is 2.39. The minimum Gasteiger partial charge on any atom is -0.423 e. The SMILES string of the molecule is Cc1c(Cl)cccc1N=Cc1ccc(OC(=O)/C=C/c2ccc(Br)cc2)cc1. The van der Waals surface area contributed by atoms with Gasteiger partial charge in [0.25, 0.3) is 0 Å². The van der Waals surface area contributed by atoms with E-state index in [1.54, 1.807) is 24.4 Å². The van der Waals surface area contributed by atoms with E-state index in [1.807, 2.05) is 61.5 Å². The molecule has 0 saturated heterocycles. The molecular formula is C23H17BrClNO2. The zero-order valence-electron chi connectivity index (χ0n) is 15.1. The molecule has 3 nitrogen and oxygen atoms in total. The zero-order chi connectivity index (χ0) is 19.9. The molecule has 0 N–H and O–H groups in total. The van der Waals surface area contributed by atoms with Crippen molar-refractivity contribution in [2.45, 2.75) is 6.92 Å². The van der Waals surface area contributed by atoms with Gasteiger partial charge >= 0.3 is 5.97 Å². The molecule has 0 fully saturated rings. The Kier molecular flexibility index (Phi) is 6.80. The van der Waals surface area contributed by atoms with Gasteiger partial charge in [-0.25, -0.2) is 4.79 Å². The molecule has 0 bridgehead atoms. The molecule has 28 heavy (non-hydrogen) atoms. The first-order valence-electron chi connectivity index (χ1n) is 8.56. The van der Waals surface area contributed by atoms with Crippen LogP contribution in [0.2, 0.25) is 5.02 Å². The zero-order valence-corrected chi connectivity index (χ0v) is 17.4. The number of rotatable bonds is 5. The van der Waals surface area contributed by atoms with E-state index in [4.69, 9.17) is 16.3 Å². The van der Waals surface area contributed by atoms with Crippen LogP contribution >= 0.6 is 27.5 Å². The summed E-state index contributed by atoms with van der Waals surface area (Å²) in [6.45, 7) is 1.93. The third-order valence-electron chi connectivity index (χ3n) is 3.97. The Balaban J connectivity index is 1.61. The molecule has 3 rings (SSSR count). The van der Waals surface area contributed by atoms with Gasteiger partial charge in [0.1, 0.15) is 5.75 Å². The number of hydrogen-bond donors (Lipinski definition) is 0. The van der Waals surface area contributed by atoms with E-state index in [1.165, 1.54) is 6.08 Å².